The van der Waals surface area contributed by atoms with Crippen molar-refractivity contribution in [3.63, 3.8) is 0 Å². The second-order valence-corrected chi connectivity index (χ2v) is 12.0. The van der Waals surface area contributed by atoms with E-state index in [0.29, 0.717) is 37.5 Å². The van der Waals surface area contributed by atoms with E-state index in [1.165, 1.54) is 16.7 Å². The zero-order valence-corrected chi connectivity index (χ0v) is 22.8. The lowest BCUT2D eigenvalue weighted by molar-refractivity contribution is -0.160. The van der Waals surface area contributed by atoms with Gasteiger partial charge in [0.1, 0.15) is 11.5 Å². The number of fused-ring (bicyclic) bond motifs is 1. The van der Waals surface area contributed by atoms with Crippen LogP contribution in [-0.2, 0) is 19.2 Å². The molecule has 206 valence electrons. The van der Waals surface area contributed by atoms with Crippen LogP contribution in [-0.4, -0.2) is 120 Å². The number of carbonyl (C=O) groups excluding carboxylic acids is 3. The van der Waals surface area contributed by atoms with Crippen molar-refractivity contribution < 1.29 is 24.3 Å². The highest BCUT2D eigenvalue weighted by atomic mass is 32.2. The van der Waals surface area contributed by atoms with Crippen molar-refractivity contribution in [1.29, 1.82) is 0 Å². The number of aliphatic carboxylic acids is 1. The van der Waals surface area contributed by atoms with Crippen LogP contribution in [0.4, 0.5) is 0 Å². The van der Waals surface area contributed by atoms with E-state index in [0.717, 1.165) is 19.6 Å². The van der Waals surface area contributed by atoms with Crippen LogP contribution in [0, 0.1) is 17.8 Å². The first-order valence-electron chi connectivity index (χ1n) is 13.3. The number of Topliss-reactive ketones (excluding diaryl/α,β-unsaturated/α-hetero) is 1. The zero-order valence-electron chi connectivity index (χ0n) is 21.9. The number of hydrogen-bond donors (Lipinski definition) is 4. The van der Waals surface area contributed by atoms with E-state index in [2.05, 4.69) is 15.5 Å². The Kier molecular flexibility index (Phi) is 8.95. The molecule has 3 saturated heterocycles. The van der Waals surface area contributed by atoms with Gasteiger partial charge in [0.2, 0.25) is 11.8 Å². The van der Waals surface area contributed by atoms with E-state index in [-0.39, 0.29) is 71.3 Å². The number of β-lactam (4-membered cyclic amide) rings is 1. The van der Waals surface area contributed by atoms with Crippen molar-refractivity contribution in [1.82, 2.24) is 25.3 Å². The van der Waals surface area contributed by atoms with E-state index in [9.17, 15) is 24.3 Å². The minimum atomic E-state index is -1.10. The molecule has 11 nitrogen and oxygen atoms in total. The highest BCUT2D eigenvalue weighted by molar-refractivity contribution is 8.03. The lowest BCUT2D eigenvalue weighted by Gasteiger charge is -2.47. The molecule has 0 aromatic rings. The molecule has 2 amide bonds. The van der Waals surface area contributed by atoms with Crippen LogP contribution in [0.25, 0.3) is 0 Å². The number of ketones is 1. The standard InChI is InChI=1S/C25H40N6O5S/c1-14(10-16(32)12-27-3)19-20-15(2)22(21(25(35)36)31(20)24(19)34)37-17-11-18(28-13-17)23(33)30-8-6-29(5-4-26)7-9-30/h14-15,17-20,27-28H,4-13,26H2,1-3H3,(H,35,36)/t14-,15+,17-,18-,19+,20+/m0/s1. The highest BCUT2D eigenvalue weighted by Crippen LogP contribution is 2.53. The number of amides is 2. The van der Waals surface area contributed by atoms with Gasteiger partial charge in [0.05, 0.1) is 24.5 Å². The first-order valence-corrected chi connectivity index (χ1v) is 14.1. The summed E-state index contributed by atoms with van der Waals surface area (Å²) in [5.74, 6) is -1.82. The Morgan fingerprint density at radius 1 is 1.24 bits per heavy atom. The number of nitrogens with two attached hydrogens (primary N) is 1. The number of piperazine rings is 1. The van der Waals surface area contributed by atoms with Crippen molar-refractivity contribution in [2.75, 3.05) is 59.4 Å². The first-order chi connectivity index (χ1) is 17.7. The molecule has 5 N–H and O–H groups in total. The molecule has 0 aliphatic carbocycles. The van der Waals surface area contributed by atoms with Gasteiger partial charge in [-0.2, -0.15) is 0 Å². The van der Waals surface area contributed by atoms with Gasteiger partial charge in [0.25, 0.3) is 0 Å². The molecule has 0 aromatic carbocycles. The summed E-state index contributed by atoms with van der Waals surface area (Å²) in [5.41, 5.74) is 5.71. The summed E-state index contributed by atoms with van der Waals surface area (Å²) in [4.78, 5) is 56.9. The summed E-state index contributed by atoms with van der Waals surface area (Å²) in [5, 5.41) is 16.2. The predicted octanol–water partition coefficient (Wildman–Crippen LogP) is -0.859. The third kappa shape index (κ3) is 5.58. The Morgan fingerprint density at radius 2 is 1.95 bits per heavy atom. The summed E-state index contributed by atoms with van der Waals surface area (Å²) in [7, 11) is 1.71. The predicted molar refractivity (Wildman–Crippen MR) is 141 cm³/mol. The molecule has 0 spiro atoms. The van der Waals surface area contributed by atoms with Crippen molar-refractivity contribution in [3.8, 4) is 0 Å². The van der Waals surface area contributed by atoms with E-state index in [1.807, 2.05) is 18.7 Å². The second kappa shape index (κ2) is 11.8. The molecule has 0 aromatic heterocycles. The average Bonchev–Trinajstić information content (AvgIpc) is 3.41. The maximum absolute atomic E-state index is 13.1. The number of carbonyl (C=O) groups is 4. The molecule has 0 bridgehead atoms. The fraction of sp³-hybridized carbons (Fsp3) is 0.760. The third-order valence-corrected chi connectivity index (χ3v) is 9.65. The van der Waals surface area contributed by atoms with E-state index in [1.54, 1.807) is 7.05 Å². The summed E-state index contributed by atoms with van der Waals surface area (Å²) in [6.07, 6.45) is 0.905. The molecule has 3 fully saturated rings. The van der Waals surface area contributed by atoms with E-state index < -0.39 is 5.97 Å². The maximum Gasteiger partial charge on any atom is 0.353 e. The molecular formula is C25H40N6O5S. The van der Waals surface area contributed by atoms with Gasteiger partial charge < -0.3 is 31.3 Å². The number of nitrogens with one attached hydrogen (secondary N) is 2. The Bertz CT molecular complexity index is 952. The van der Waals surface area contributed by atoms with Crippen LogP contribution in [0.15, 0.2) is 10.6 Å². The number of carboxylic acid groups (broad SMARTS) is 1. The molecule has 0 unspecified atom stereocenters. The Labute approximate surface area is 222 Å². The Morgan fingerprint density at radius 3 is 2.57 bits per heavy atom. The van der Waals surface area contributed by atoms with Crippen molar-refractivity contribution in [3.05, 3.63) is 10.6 Å². The van der Waals surface area contributed by atoms with Gasteiger partial charge in [-0.1, -0.05) is 13.8 Å². The summed E-state index contributed by atoms with van der Waals surface area (Å²) >= 11 is 1.49. The highest BCUT2D eigenvalue weighted by Gasteiger charge is 2.60. The second-order valence-electron chi connectivity index (χ2n) is 10.7. The SMILES string of the molecule is CNCC(=O)C[C@H](C)[C@H]1C(=O)N2C(C(=O)O)=C(S[C@@H]3CN[C@H](C(=O)N4CCN(CCN)CC4)C3)[C@H](C)[C@H]12. The third-order valence-electron chi connectivity index (χ3n) is 8.14. The lowest BCUT2D eigenvalue weighted by atomic mass is 9.73. The van der Waals surface area contributed by atoms with Gasteiger partial charge in [0.15, 0.2) is 0 Å². The number of hydrogen-bond acceptors (Lipinski definition) is 9. The summed E-state index contributed by atoms with van der Waals surface area (Å²) in [6.45, 7) is 9.22. The largest absolute Gasteiger partial charge is 0.477 e. The molecule has 6 atom stereocenters. The molecule has 4 rings (SSSR count). The quantitative estimate of drug-likeness (QED) is 0.246. The molecule has 0 radical (unpaired) electrons. The van der Waals surface area contributed by atoms with Gasteiger partial charge in [-0.15, -0.1) is 11.8 Å². The number of thioether (sulfide) groups is 1. The normalized spacial score (nSPS) is 30.9. The van der Waals surface area contributed by atoms with Gasteiger partial charge >= 0.3 is 5.97 Å². The summed E-state index contributed by atoms with van der Waals surface area (Å²) in [6, 6.07) is -0.524. The lowest BCUT2D eigenvalue weighted by Crippen LogP contribution is -2.62. The smallest absolute Gasteiger partial charge is 0.353 e. The van der Waals surface area contributed by atoms with Crippen molar-refractivity contribution in [2.24, 2.45) is 23.5 Å². The molecule has 4 aliphatic heterocycles. The van der Waals surface area contributed by atoms with E-state index in [4.69, 9.17) is 5.73 Å². The Hall–Kier alpha value is -1.99. The molecule has 12 heteroatoms. The molecular weight excluding hydrogens is 496 g/mol. The molecule has 37 heavy (non-hydrogen) atoms. The van der Waals surface area contributed by atoms with Gasteiger partial charge in [-0.05, 0) is 19.4 Å². The van der Waals surface area contributed by atoms with Gasteiger partial charge in [0, 0.05) is 68.3 Å². The van der Waals surface area contributed by atoms with Crippen LogP contribution < -0.4 is 16.4 Å². The maximum atomic E-state index is 13.1. The molecule has 0 saturated carbocycles. The number of likely N-dealkylation sites (N-methyl/N-ethyl adjacent to an activating group) is 1. The first kappa shape index (κ1) is 28.0. The van der Waals surface area contributed by atoms with Gasteiger partial charge in [-0.25, -0.2) is 4.79 Å². The number of carboxylic acids is 1. The van der Waals surface area contributed by atoms with E-state index >= 15 is 0 Å². The number of nitrogens with zero attached hydrogens (tertiary/aromatic N) is 3. The van der Waals surface area contributed by atoms with Crippen molar-refractivity contribution >= 4 is 35.3 Å². The van der Waals surface area contributed by atoms with Crippen molar-refractivity contribution in [2.45, 2.75) is 44.0 Å². The summed E-state index contributed by atoms with van der Waals surface area (Å²) < 4.78 is 0. The van der Waals surface area contributed by atoms with Crippen LogP contribution in [0.3, 0.4) is 0 Å². The minimum absolute atomic E-state index is 0.0427. The minimum Gasteiger partial charge on any atom is -0.477 e. The number of rotatable bonds is 11. The van der Waals surface area contributed by atoms with Crippen LogP contribution in [0.1, 0.15) is 26.7 Å². The average molecular weight is 537 g/mol. The zero-order chi connectivity index (χ0) is 26.9. The fourth-order valence-electron chi connectivity index (χ4n) is 6.28. The Balaban J connectivity index is 1.38. The van der Waals surface area contributed by atoms with Crippen LogP contribution in [0.5, 0.6) is 0 Å². The molecule has 4 heterocycles. The van der Waals surface area contributed by atoms with Crippen LogP contribution >= 0.6 is 11.8 Å². The van der Waals surface area contributed by atoms with Gasteiger partial charge in [-0.3, -0.25) is 19.3 Å². The van der Waals surface area contributed by atoms with Crippen LogP contribution in [0.2, 0.25) is 0 Å². The monoisotopic (exact) mass is 536 g/mol. The molecule has 4 aliphatic rings. The topological polar surface area (TPSA) is 148 Å². The fourth-order valence-corrected chi connectivity index (χ4v) is 7.76.